The third kappa shape index (κ3) is 4.15. The Bertz CT molecular complexity index is 523. The molecule has 108 valence electrons. The summed E-state index contributed by atoms with van der Waals surface area (Å²) in [6.07, 6.45) is 1.71. The smallest absolute Gasteiger partial charge is 0.247 e. The van der Waals surface area contributed by atoms with Crippen molar-refractivity contribution in [2.45, 2.75) is 38.8 Å². The highest BCUT2D eigenvalue weighted by Crippen LogP contribution is 2.17. The molecule has 0 spiro atoms. The van der Waals surface area contributed by atoms with Gasteiger partial charge >= 0.3 is 0 Å². The minimum absolute atomic E-state index is 0.458. The molecule has 0 aliphatic carbocycles. The van der Waals surface area contributed by atoms with Crippen LogP contribution in [0, 0.1) is 0 Å². The van der Waals surface area contributed by atoms with Gasteiger partial charge in [0, 0.05) is 12.1 Å². The zero-order valence-corrected chi connectivity index (χ0v) is 12.0. The van der Waals surface area contributed by atoms with Gasteiger partial charge in [0.05, 0.1) is 12.1 Å². The largest absolute Gasteiger partial charge is 0.419 e. The monoisotopic (exact) mass is 275 g/mol. The molecule has 0 saturated heterocycles. The van der Waals surface area contributed by atoms with Crippen molar-refractivity contribution in [2.75, 3.05) is 6.54 Å². The van der Waals surface area contributed by atoms with Crippen molar-refractivity contribution < 1.29 is 9.52 Å². The highest BCUT2D eigenvalue weighted by molar-refractivity contribution is 5.51. The van der Waals surface area contributed by atoms with E-state index in [2.05, 4.69) is 22.4 Å². The van der Waals surface area contributed by atoms with Gasteiger partial charge in [0.25, 0.3) is 0 Å². The first kappa shape index (κ1) is 14.7. The molecule has 5 heteroatoms. The summed E-state index contributed by atoms with van der Waals surface area (Å²) in [4.78, 5) is 0. The average molecular weight is 275 g/mol. The van der Waals surface area contributed by atoms with Gasteiger partial charge in [-0.3, -0.25) is 0 Å². The summed E-state index contributed by atoms with van der Waals surface area (Å²) in [7, 11) is 0. The third-order valence-corrected chi connectivity index (χ3v) is 3.06. The van der Waals surface area contributed by atoms with Crippen LogP contribution in [-0.2, 0) is 6.54 Å². The fourth-order valence-corrected chi connectivity index (χ4v) is 2.09. The molecular weight excluding hydrogens is 254 g/mol. The molecule has 0 bridgehead atoms. The number of nitrogens with zero attached hydrogens (tertiary/aromatic N) is 2. The molecule has 1 aromatic carbocycles. The van der Waals surface area contributed by atoms with Crippen LogP contribution in [0.2, 0.25) is 0 Å². The van der Waals surface area contributed by atoms with Crippen LogP contribution in [0.5, 0.6) is 0 Å². The molecule has 0 amide bonds. The highest BCUT2D eigenvalue weighted by atomic mass is 16.4. The summed E-state index contributed by atoms with van der Waals surface area (Å²) in [5.41, 5.74) is 0.209. The van der Waals surface area contributed by atoms with E-state index < -0.39 is 5.60 Å². The zero-order valence-electron chi connectivity index (χ0n) is 12.0. The molecule has 1 unspecified atom stereocenters. The second-order valence-corrected chi connectivity index (χ2v) is 5.22. The fraction of sp³-hybridized carbons (Fsp3) is 0.467. The van der Waals surface area contributed by atoms with Crippen molar-refractivity contribution in [2.24, 2.45) is 0 Å². The second kappa shape index (κ2) is 6.63. The molecule has 0 aliphatic heterocycles. The van der Waals surface area contributed by atoms with Crippen molar-refractivity contribution in [1.82, 2.24) is 15.5 Å². The predicted molar refractivity (Wildman–Crippen MR) is 77.0 cm³/mol. The van der Waals surface area contributed by atoms with E-state index in [1.807, 2.05) is 37.3 Å². The van der Waals surface area contributed by atoms with Gasteiger partial charge in [-0.2, -0.15) is 0 Å². The summed E-state index contributed by atoms with van der Waals surface area (Å²) >= 11 is 0. The number of nitrogens with one attached hydrogen (secondary N) is 1. The molecule has 0 aliphatic rings. The first-order chi connectivity index (χ1) is 9.61. The van der Waals surface area contributed by atoms with E-state index >= 15 is 0 Å². The molecule has 5 nitrogen and oxygen atoms in total. The number of rotatable bonds is 7. The number of hydrogen-bond acceptors (Lipinski definition) is 5. The van der Waals surface area contributed by atoms with Crippen molar-refractivity contribution in [3.05, 3.63) is 36.2 Å². The minimum atomic E-state index is -0.697. The van der Waals surface area contributed by atoms with Crippen LogP contribution in [0.3, 0.4) is 0 Å². The lowest BCUT2D eigenvalue weighted by Gasteiger charge is -2.22. The quantitative estimate of drug-likeness (QED) is 0.811. The van der Waals surface area contributed by atoms with Crippen LogP contribution < -0.4 is 5.32 Å². The topological polar surface area (TPSA) is 71.2 Å². The standard InChI is InChI=1S/C15H21N3O2/c1-3-9-15(2,19)11-16-10-13-17-18-14(20-13)12-7-5-4-6-8-12/h4-8,16,19H,3,9-11H2,1-2H3. The van der Waals surface area contributed by atoms with Gasteiger partial charge in [-0.25, -0.2) is 0 Å². The average Bonchev–Trinajstić information content (AvgIpc) is 2.88. The van der Waals surface area contributed by atoms with Crippen molar-refractivity contribution in [3.8, 4) is 11.5 Å². The second-order valence-electron chi connectivity index (χ2n) is 5.22. The van der Waals surface area contributed by atoms with E-state index in [0.717, 1.165) is 18.4 Å². The highest BCUT2D eigenvalue weighted by Gasteiger charge is 2.18. The maximum Gasteiger partial charge on any atom is 0.247 e. The normalized spacial score (nSPS) is 14.2. The Labute approximate surface area is 119 Å². The molecule has 0 fully saturated rings. The Kier molecular flexibility index (Phi) is 4.87. The van der Waals surface area contributed by atoms with Gasteiger partial charge < -0.3 is 14.8 Å². The summed E-state index contributed by atoms with van der Waals surface area (Å²) in [5.74, 6) is 1.04. The van der Waals surface area contributed by atoms with Gasteiger partial charge in [-0.15, -0.1) is 10.2 Å². The maximum atomic E-state index is 10.0. The van der Waals surface area contributed by atoms with Crippen LogP contribution in [0.15, 0.2) is 34.7 Å². The molecule has 2 rings (SSSR count). The molecular formula is C15H21N3O2. The Morgan fingerprint density at radius 2 is 2.00 bits per heavy atom. The lowest BCUT2D eigenvalue weighted by molar-refractivity contribution is 0.0493. The molecule has 1 atom stereocenters. The van der Waals surface area contributed by atoms with Crippen LogP contribution in [0.4, 0.5) is 0 Å². The Hall–Kier alpha value is -1.72. The third-order valence-electron chi connectivity index (χ3n) is 3.06. The zero-order chi connectivity index (χ0) is 14.4. The van der Waals surface area contributed by atoms with Crippen molar-refractivity contribution in [3.63, 3.8) is 0 Å². The first-order valence-electron chi connectivity index (χ1n) is 6.91. The van der Waals surface area contributed by atoms with Crippen LogP contribution in [0.1, 0.15) is 32.6 Å². The first-order valence-corrected chi connectivity index (χ1v) is 6.91. The summed E-state index contributed by atoms with van der Waals surface area (Å²) in [5, 5.41) is 21.2. The fourth-order valence-electron chi connectivity index (χ4n) is 2.09. The summed E-state index contributed by atoms with van der Waals surface area (Å²) < 4.78 is 5.58. The van der Waals surface area contributed by atoms with Crippen molar-refractivity contribution in [1.29, 1.82) is 0 Å². The van der Waals surface area contributed by atoms with Crippen molar-refractivity contribution >= 4 is 0 Å². The van der Waals surface area contributed by atoms with Gasteiger partial charge in [-0.1, -0.05) is 31.5 Å². The molecule has 2 aromatic rings. The van der Waals surface area contributed by atoms with Gasteiger partial charge in [-0.05, 0) is 25.5 Å². The Balaban J connectivity index is 1.88. The maximum absolute atomic E-state index is 10.0. The SMILES string of the molecule is CCCC(C)(O)CNCc1nnc(-c2ccccc2)o1. The number of hydrogen-bond donors (Lipinski definition) is 2. The molecule has 20 heavy (non-hydrogen) atoms. The van der Waals surface area contributed by atoms with E-state index in [-0.39, 0.29) is 0 Å². The Morgan fingerprint density at radius 1 is 1.25 bits per heavy atom. The van der Waals surface area contributed by atoms with E-state index in [0.29, 0.717) is 24.9 Å². The van der Waals surface area contributed by atoms with E-state index in [1.54, 1.807) is 0 Å². The van der Waals surface area contributed by atoms with E-state index in [1.165, 1.54) is 0 Å². The van der Waals surface area contributed by atoms with Gasteiger partial charge in [0.2, 0.25) is 11.8 Å². The predicted octanol–water partition coefficient (Wildman–Crippen LogP) is 2.38. The van der Waals surface area contributed by atoms with E-state index in [4.69, 9.17) is 4.42 Å². The van der Waals surface area contributed by atoms with E-state index in [9.17, 15) is 5.11 Å². The Morgan fingerprint density at radius 3 is 2.70 bits per heavy atom. The molecule has 1 aromatic heterocycles. The lowest BCUT2D eigenvalue weighted by atomic mass is 10.0. The molecule has 0 radical (unpaired) electrons. The summed E-state index contributed by atoms with van der Waals surface area (Å²) in [6, 6.07) is 9.66. The lowest BCUT2D eigenvalue weighted by Crippen LogP contribution is -2.37. The molecule has 2 N–H and O–H groups in total. The number of benzene rings is 1. The number of aromatic nitrogens is 2. The van der Waals surface area contributed by atoms with Gasteiger partial charge in [0.1, 0.15) is 0 Å². The summed E-state index contributed by atoms with van der Waals surface area (Å²) in [6.45, 7) is 4.84. The molecule has 1 heterocycles. The molecule has 0 saturated carbocycles. The van der Waals surface area contributed by atoms with Gasteiger partial charge in [0.15, 0.2) is 0 Å². The minimum Gasteiger partial charge on any atom is -0.419 e. The number of aliphatic hydroxyl groups is 1. The van der Waals surface area contributed by atoms with Crippen LogP contribution in [-0.4, -0.2) is 27.4 Å². The van der Waals surface area contributed by atoms with Crippen LogP contribution in [0.25, 0.3) is 11.5 Å². The van der Waals surface area contributed by atoms with Crippen LogP contribution >= 0.6 is 0 Å².